The number of nitrogens with zero attached hydrogens (tertiary/aromatic N) is 3. The molecule has 0 unspecified atom stereocenters. The molecule has 10 heteroatoms. The minimum absolute atomic E-state index is 0.204. The Morgan fingerprint density at radius 3 is 2.70 bits per heavy atom. The number of thioether (sulfide) groups is 1. The molecule has 0 aliphatic carbocycles. The highest BCUT2D eigenvalue weighted by Gasteiger charge is 2.20. The molecule has 0 saturated carbocycles. The molecule has 1 amide bonds. The molecular weight excluding hydrogens is 424 g/mol. The van der Waals surface area contributed by atoms with E-state index >= 15 is 0 Å². The molecule has 0 aliphatic rings. The minimum atomic E-state index is -0.606. The number of benzene rings is 1. The van der Waals surface area contributed by atoms with Crippen LogP contribution in [0.3, 0.4) is 0 Å². The fraction of sp³-hybridized carbons (Fsp3) is 0.200. The smallest absolute Gasteiger partial charge is 0.337 e. The van der Waals surface area contributed by atoms with Crippen LogP contribution < -0.4 is 16.6 Å². The van der Waals surface area contributed by atoms with Crippen LogP contribution in [0.5, 0.6) is 0 Å². The Bertz CT molecular complexity index is 1290. The molecule has 0 radical (unpaired) electrons. The molecule has 4 aromatic rings. The van der Waals surface area contributed by atoms with Crippen molar-refractivity contribution in [3.8, 4) is 5.69 Å². The first kappa shape index (κ1) is 20.2. The van der Waals surface area contributed by atoms with Gasteiger partial charge in [-0.1, -0.05) is 36.9 Å². The maximum atomic E-state index is 13.2. The van der Waals surface area contributed by atoms with E-state index in [9.17, 15) is 14.4 Å². The van der Waals surface area contributed by atoms with E-state index in [1.165, 1.54) is 33.9 Å². The first-order valence-electron chi connectivity index (χ1n) is 9.22. The molecule has 154 valence electrons. The van der Waals surface area contributed by atoms with Crippen LogP contribution in [-0.4, -0.2) is 25.8 Å². The summed E-state index contributed by atoms with van der Waals surface area (Å²) >= 11 is 2.72. The van der Waals surface area contributed by atoms with Crippen LogP contribution in [0.15, 0.2) is 67.1 Å². The van der Waals surface area contributed by atoms with Crippen molar-refractivity contribution in [2.45, 2.75) is 24.4 Å². The van der Waals surface area contributed by atoms with Gasteiger partial charge in [0.15, 0.2) is 9.99 Å². The zero-order valence-corrected chi connectivity index (χ0v) is 17.7. The topological polar surface area (TPSA) is 99.1 Å². The molecule has 0 atom stereocenters. The predicted octanol–water partition coefficient (Wildman–Crippen LogP) is 2.63. The summed E-state index contributed by atoms with van der Waals surface area (Å²) < 4.78 is 8.56. The molecule has 1 N–H and O–H groups in total. The largest absolute Gasteiger partial charge is 0.467 e. The van der Waals surface area contributed by atoms with Crippen molar-refractivity contribution in [1.29, 1.82) is 0 Å². The van der Waals surface area contributed by atoms with E-state index in [2.05, 4.69) is 10.3 Å². The van der Waals surface area contributed by atoms with E-state index in [4.69, 9.17) is 4.42 Å². The summed E-state index contributed by atoms with van der Waals surface area (Å²) in [5, 5.41) is 2.72. The Morgan fingerprint density at radius 1 is 1.20 bits per heavy atom. The molecule has 1 aromatic carbocycles. The highest BCUT2D eigenvalue weighted by Crippen LogP contribution is 2.27. The molecule has 0 bridgehead atoms. The van der Waals surface area contributed by atoms with Crippen LogP contribution in [0, 0.1) is 0 Å². The van der Waals surface area contributed by atoms with Crippen molar-refractivity contribution in [2.24, 2.45) is 0 Å². The Hall–Kier alpha value is -3.11. The fourth-order valence-corrected chi connectivity index (χ4v) is 4.92. The van der Waals surface area contributed by atoms with Gasteiger partial charge in [0.2, 0.25) is 5.91 Å². The van der Waals surface area contributed by atoms with Crippen molar-refractivity contribution in [2.75, 3.05) is 5.75 Å². The van der Waals surface area contributed by atoms with E-state index in [1.807, 2.05) is 6.92 Å². The van der Waals surface area contributed by atoms with Gasteiger partial charge in [-0.15, -0.1) is 11.3 Å². The highest BCUT2D eigenvalue weighted by molar-refractivity contribution is 8.01. The maximum Gasteiger partial charge on any atom is 0.337 e. The number of thiazole rings is 1. The van der Waals surface area contributed by atoms with E-state index < -0.39 is 11.2 Å². The molecule has 4 rings (SSSR count). The zero-order chi connectivity index (χ0) is 21.1. The van der Waals surface area contributed by atoms with Gasteiger partial charge in [-0.2, -0.15) is 0 Å². The summed E-state index contributed by atoms with van der Waals surface area (Å²) in [6.45, 7) is 1.92. The maximum absolute atomic E-state index is 13.2. The van der Waals surface area contributed by atoms with Crippen molar-refractivity contribution >= 4 is 39.4 Å². The van der Waals surface area contributed by atoms with Crippen LogP contribution in [0.25, 0.3) is 16.0 Å². The van der Waals surface area contributed by atoms with Gasteiger partial charge >= 0.3 is 5.69 Å². The third kappa shape index (κ3) is 3.96. The number of carbonyl (C=O) groups excluding carboxylic acids is 1. The van der Waals surface area contributed by atoms with Gasteiger partial charge in [0.25, 0.3) is 5.56 Å². The first-order valence-corrected chi connectivity index (χ1v) is 11.0. The summed E-state index contributed by atoms with van der Waals surface area (Å²) in [5.74, 6) is 0.997. The average molecular weight is 443 g/mol. The molecule has 30 heavy (non-hydrogen) atoms. The van der Waals surface area contributed by atoms with E-state index in [1.54, 1.807) is 42.5 Å². The van der Waals surface area contributed by atoms with Crippen LogP contribution >= 0.6 is 23.1 Å². The summed E-state index contributed by atoms with van der Waals surface area (Å²) in [5.41, 5.74) is -0.373. The Kier molecular flexibility index (Phi) is 5.86. The van der Waals surface area contributed by atoms with Crippen LogP contribution in [0.2, 0.25) is 0 Å². The number of amides is 1. The van der Waals surface area contributed by atoms with Crippen LogP contribution in [0.1, 0.15) is 12.7 Å². The number of hydrogen-bond acceptors (Lipinski definition) is 7. The monoisotopic (exact) mass is 442 g/mol. The number of carbonyl (C=O) groups is 1. The standard InChI is InChI=1S/C20H18N4O4S2/c1-2-29-19-22-17-16(30-19)18(26)24(13-7-4-3-5-8-13)20(27)23(17)12-15(25)21-11-14-9-6-10-28-14/h3-10H,2,11-12H2,1H3,(H,21,25). The van der Waals surface area contributed by atoms with E-state index in [0.717, 1.165) is 10.3 Å². The van der Waals surface area contributed by atoms with Gasteiger partial charge in [0, 0.05) is 0 Å². The van der Waals surface area contributed by atoms with E-state index in [-0.39, 0.29) is 24.6 Å². The summed E-state index contributed by atoms with van der Waals surface area (Å²) in [6, 6.07) is 12.1. The lowest BCUT2D eigenvalue weighted by atomic mass is 10.3. The SMILES string of the molecule is CCSc1nc2c(s1)c(=O)n(-c1ccccc1)c(=O)n2CC(=O)NCc1ccco1. The number of aromatic nitrogens is 3. The van der Waals surface area contributed by atoms with Crippen LogP contribution in [-0.2, 0) is 17.9 Å². The first-order chi connectivity index (χ1) is 14.6. The van der Waals surface area contributed by atoms with Crippen LogP contribution in [0.4, 0.5) is 0 Å². The third-order valence-electron chi connectivity index (χ3n) is 4.29. The molecular formula is C20H18N4O4S2. The van der Waals surface area contributed by atoms with Gasteiger partial charge in [0.1, 0.15) is 17.0 Å². The molecule has 3 heterocycles. The lowest BCUT2D eigenvalue weighted by Crippen LogP contribution is -2.41. The number of hydrogen-bond donors (Lipinski definition) is 1. The number of furan rings is 1. The second-order valence-corrected chi connectivity index (χ2v) is 8.78. The molecule has 0 aliphatic heterocycles. The van der Waals surface area contributed by atoms with Gasteiger partial charge in [-0.25, -0.2) is 14.3 Å². The summed E-state index contributed by atoms with van der Waals surface area (Å²) in [7, 11) is 0. The normalized spacial score (nSPS) is 11.1. The minimum Gasteiger partial charge on any atom is -0.467 e. The molecule has 3 aromatic heterocycles. The Balaban J connectivity index is 1.79. The van der Waals surface area contributed by atoms with Gasteiger partial charge in [0.05, 0.1) is 18.5 Å². The number of rotatable bonds is 7. The second kappa shape index (κ2) is 8.72. The summed E-state index contributed by atoms with van der Waals surface area (Å²) in [6.07, 6.45) is 1.52. The second-order valence-electron chi connectivity index (χ2n) is 6.27. The van der Waals surface area contributed by atoms with Crippen molar-refractivity contribution in [1.82, 2.24) is 19.4 Å². The zero-order valence-electron chi connectivity index (χ0n) is 16.0. The Labute approximate surface area is 179 Å². The van der Waals surface area contributed by atoms with Gasteiger partial charge < -0.3 is 9.73 Å². The fourth-order valence-electron chi connectivity index (χ4n) is 2.95. The van der Waals surface area contributed by atoms with Gasteiger partial charge in [-0.3, -0.25) is 14.2 Å². The van der Waals surface area contributed by atoms with Crippen molar-refractivity contribution < 1.29 is 9.21 Å². The lowest BCUT2D eigenvalue weighted by Gasteiger charge is -2.11. The molecule has 0 fully saturated rings. The summed E-state index contributed by atoms with van der Waals surface area (Å²) in [4.78, 5) is 43.3. The van der Waals surface area contributed by atoms with Crippen molar-refractivity contribution in [3.05, 3.63) is 75.3 Å². The lowest BCUT2D eigenvalue weighted by molar-refractivity contribution is -0.121. The van der Waals surface area contributed by atoms with E-state index in [0.29, 0.717) is 20.5 Å². The Morgan fingerprint density at radius 2 is 2.00 bits per heavy atom. The number of para-hydroxylation sites is 1. The average Bonchev–Trinajstić information content (AvgIpc) is 3.41. The molecule has 0 spiro atoms. The quantitative estimate of drug-likeness (QED) is 0.442. The number of nitrogens with one attached hydrogen (secondary N) is 1. The number of fused-ring (bicyclic) bond motifs is 1. The third-order valence-corrected chi connectivity index (χ3v) is 6.35. The molecule has 0 saturated heterocycles. The van der Waals surface area contributed by atoms with Gasteiger partial charge in [-0.05, 0) is 30.0 Å². The predicted molar refractivity (Wildman–Crippen MR) is 116 cm³/mol. The molecule has 8 nitrogen and oxygen atoms in total. The highest BCUT2D eigenvalue weighted by atomic mass is 32.2. The van der Waals surface area contributed by atoms with Crippen molar-refractivity contribution in [3.63, 3.8) is 0 Å².